The zero-order valence-corrected chi connectivity index (χ0v) is 15.4. The van der Waals surface area contributed by atoms with E-state index < -0.39 is 14.9 Å². The summed E-state index contributed by atoms with van der Waals surface area (Å²) in [5.74, 6) is 0. The minimum atomic E-state index is -0.805. The Bertz CT molecular complexity index is 353. The Morgan fingerprint density at radius 1 is 1.50 bits per heavy atom. The first-order chi connectivity index (χ1) is 11.4. The summed E-state index contributed by atoms with van der Waals surface area (Å²) in [6, 6.07) is 0.766. The van der Waals surface area contributed by atoms with Crippen molar-refractivity contribution < 1.29 is 16.7 Å². The standard InChI is InChI=1S/C17H34NO3P/c1-7-10-19-11-8-13-22(18(14(2)3)15(4)5)21-17-9-12-20-16(17)6/h7,14-17H,1,8-13H2,2-6H3/t16-,17+,22?/m1/s1/i6D,12T/t12-,16+,17-,22?/m0. The third kappa shape index (κ3) is 6.64. The molecule has 1 fully saturated rings. The van der Waals surface area contributed by atoms with Crippen LogP contribution in [0, 0.1) is 0 Å². The molecule has 0 aromatic rings. The van der Waals surface area contributed by atoms with Gasteiger partial charge < -0.3 is 14.0 Å². The van der Waals surface area contributed by atoms with Gasteiger partial charge in [0.2, 0.25) is 0 Å². The Balaban J connectivity index is 2.70. The van der Waals surface area contributed by atoms with Crippen molar-refractivity contribution in [2.75, 3.05) is 26.0 Å². The molecule has 1 rings (SSSR count). The normalized spacial score (nSPS) is 28.2. The quantitative estimate of drug-likeness (QED) is 0.322. The molecule has 1 aliphatic heterocycles. The van der Waals surface area contributed by atoms with E-state index in [9.17, 15) is 0 Å². The number of ether oxygens (including phenoxy) is 2. The number of hydrogen-bond acceptors (Lipinski definition) is 4. The van der Waals surface area contributed by atoms with Crippen LogP contribution in [-0.2, 0) is 14.0 Å². The molecule has 0 aliphatic carbocycles. The van der Waals surface area contributed by atoms with Gasteiger partial charge >= 0.3 is 0 Å². The molecule has 130 valence electrons. The average molecular weight is 334 g/mol. The molecule has 0 spiro atoms. The topological polar surface area (TPSA) is 30.9 Å². The van der Waals surface area contributed by atoms with Crippen LogP contribution in [0.3, 0.4) is 0 Å². The van der Waals surface area contributed by atoms with Gasteiger partial charge in [0.15, 0.2) is 0 Å². The second kappa shape index (κ2) is 10.7. The lowest BCUT2D eigenvalue weighted by molar-refractivity contribution is 0.0669. The van der Waals surface area contributed by atoms with Gasteiger partial charge in [0.05, 0.1) is 20.2 Å². The van der Waals surface area contributed by atoms with Gasteiger partial charge in [-0.3, -0.25) is 4.67 Å². The van der Waals surface area contributed by atoms with Gasteiger partial charge in [0.25, 0.3) is 0 Å². The molecule has 4 atom stereocenters. The van der Waals surface area contributed by atoms with E-state index in [2.05, 4.69) is 38.9 Å². The van der Waals surface area contributed by atoms with Gasteiger partial charge in [0.1, 0.15) is 8.30 Å². The average Bonchev–Trinajstić information content (AvgIpc) is 2.85. The molecular weight excluding hydrogens is 297 g/mol. The first-order valence-corrected chi connectivity index (χ1v) is 9.58. The molecule has 0 bridgehead atoms. The molecule has 22 heavy (non-hydrogen) atoms. The van der Waals surface area contributed by atoms with Gasteiger partial charge in [-0.15, -0.1) is 6.58 Å². The summed E-state index contributed by atoms with van der Waals surface area (Å²) in [6.07, 6.45) is 3.74. The molecule has 0 aromatic carbocycles. The lowest BCUT2D eigenvalue weighted by Gasteiger charge is -2.39. The first-order valence-electron chi connectivity index (χ1n) is 9.47. The molecule has 1 saturated heterocycles. The van der Waals surface area contributed by atoms with Crippen LogP contribution in [0.15, 0.2) is 12.7 Å². The van der Waals surface area contributed by atoms with E-state index in [1.54, 1.807) is 6.08 Å². The number of rotatable bonds is 11. The molecule has 0 aromatic heterocycles. The van der Waals surface area contributed by atoms with Crippen LogP contribution >= 0.6 is 8.30 Å². The monoisotopic (exact) mass is 334 g/mol. The lowest BCUT2D eigenvalue weighted by atomic mass is 10.2. The van der Waals surface area contributed by atoms with Crippen LogP contribution in [0.2, 0.25) is 0 Å². The molecule has 0 N–H and O–H groups in total. The molecule has 1 unspecified atom stereocenters. The molecule has 1 aliphatic rings. The SMILES string of the molecule is [2H]C[C@H]1O[C@@H]([3H])C[C@@H]1OP(CCCOCC=C)N(C(C)C)C(C)C. The van der Waals surface area contributed by atoms with E-state index in [0.717, 1.165) is 12.6 Å². The molecule has 0 radical (unpaired) electrons. The zero-order valence-electron chi connectivity index (χ0n) is 16.5. The first kappa shape index (κ1) is 16.9. The van der Waals surface area contributed by atoms with E-state index in [1.165, 1.54) is 0 Å². The van der Waals surface area contributed by atoms with E-state index in [0.29, 0.717) is 31.7 Å². The summed E-state index contributed by atoms with van der Waals surface area (Å²) in [5, 5.41) is 0. The Hall–Kier alpha value is 0.01000. The minimum Gasteiger partial charge on any atom is -0.377 e. The predicted molar refractivity (Wildman–Crippen MR) is 94.4 cm³/mol. The maximum atomic E-state index is 7.81. The van der Waals surface area contributed by atoms with Crippen LogP contribution in [0.1, 0.15) is 50.2 Å². The van der Waals surface area contributed by atoms with Gasteiger partial charge in [-0.1, -0.05) is 6.08 Å². The maximum Gasteiger partial charge on any atom is 0.105 e. The lowest BCUT2D eigenvalue weighted by Crippen LogP contribution is -2.35. The van der Waals surface area contributed by atoms with Gasteiger partial charge in [-0.25, -0.2) is 0 Å². The highest BCUT2D eigenvalue weighted by Crippen LogP contribution is 2.47. The smallest absolute Gasteiger partial charge is 0.105 e. The van der Waals surface area contributed by atoms with Crippen molar-refractivity contribution in [1.29, 1.82) is 0 Å². The summed E-state index contributed by atoms with van der Waals surface area (Å²) in [7, 11) is -0.805. The Labute approximate surface area is 140 Å². The summed E-state index contributed by atoms with van der Waals surface area (Å²) in [5.41, 5.74) is 0. The van der Waals surface area contributed by atoms with E-state index in [1.807, 2.05) is 0 Å². The van der Waals surface area contributed by atoms with Crippen LogP contribution in [0.25, 0.3) is 0 Å². The summed E-state index contributed by atoms with van der Waals surface area (Å²) >= 11 is 0. The summed E-state index contributed by atoms with van der Waals surface area (Å²) in [6.45, 7) is 13.3. The van der Waals surface area contributed by atoms with Gasteiger partial charge in [0, 0.05) is 32.8 Å². The fourth-order valence-corrected chi connectivity index (χ4v) is 4.99. The minimum absolute atomic E-state index is 0.148. The van der Waals surface area contributed by atoms with Crippen LogP contribution in [-0.4, -0.2) is 54.9 Å². The summed E-state index contributed by atoms with van der Waals surface area (Å²) in [4.78, 5) is 0. The highest BCUT2D eigenvalue weighted by Gasteiger charge is 2.32. The molecule has 5 heteroatoms. The molecule has 0 saturated carbocycles. The summed E-state index contributed by atoms with van der Waals surface area (Å²) < 4.78 is 35.3. The van der Waals surface area contributed by atoms with Crippen molar-refractivity contribution in [3.05, 3.63) is 12.7 Å². The highest BCUT2D eigenvalue weighted by atomic mass is 31.2. The number of hydrogen-bond donors (Lipinski definition) is 0. The second-order valence-corrected chi connectivity index (χ2v) is 7.91. The third-order valence-electron chi connectivity index (χ3n) is 3.46. The third-order valence-corrected chi connectivity index (χ3v) is 6.11. The van der Waals surface area contributed by atoms with Crippen LogP contribution in [0.4, 0.5) is 0 Å². The second-order valence-electron chi connectivity index (χ2n) is 6.08. The van der Waals surface area contributed by atoms with Gasteiger partial charge in [-0.2, -0.15) is 0 Å². The molecular formula is C17H34NO3P. The van der Waals surface area contributed by atoms with Crippen molar-refractivity contribution >= 4 is 8.30 Å². The maximum absolute atomic E-state index is 7.81. The van der Waals surface area contributed by atoms with E-state index >= 15 is 0 Å². The Kier molecular flexibility index (Phi) is 8.21. The van der Waals surface area contributed by atoms with Crippen LogP contribution in [0.5, 0.6) is 0 Å². The molecule has 4 nitrogen and oxygen atoms in total. The van der Waals surface area contributed by atoms with Crippen LogP contribution < -0.4 is 0 Å². The highest BCUT2D eigenvalue weighted by molar-refractivity contribution is 7.50. The largest absolute Gasteiger partial charge is 0.377 e. The Morgan fingerprint density at radius 2 is 2.23 bits per heavy atom. The zero-order chi connectivity index (χ0) is 18.1. The van der Waals surface area contributed by atoms with Crippen molar-refractivity contribution in [2.45, 2.75) is 71.7 Å². The number of nitrogens with zero attached hydrogens (tertiary/aromatic N) is 1. The predicted octanol–water partition coefficient (Wildman–Crippen LogP) is 4.20. The Morgan fingerprint density at radius 3 is 2.82 bits per heavy atom. The molecule has 1 heterocycles. The van der Waals surface area contributed by atoms with Crippen molar-refractivity contribution in [3.8, 4) is 0 Å². The van der Waals surface area contributed by atoms with Gasteiger partial charge in [-0.05, 0) is 47.4 Å². The van der Waals surface area contributed by atoms with E-state index in [4.69, 9.17) is 16.7 Å². The van der Waals surface area contributed by atoms with Crippen molar-refractivity contribution in [2.24, 2.45) is 0 Å². The van der Waals surface area contributed by atoms with Crippen molar-refractivity contribution in [3.63, 3.8) is 0 Å². The van der Waals surface area contributed by atoms with E-state index in [-0.39, 0.29) is 19.1 Å². The van der Waals surface area contributed by atoms with Crippen molar-refractivity contribution in [1.82, 2.24) is 4.67 Å². The fourth-order valence-electron chi connectivity index (χ4n) is 2.58. The molecule has 0 amide bonds. The fraction of sp³-hybridized carbons (Fsp3) is 0.882.